The Labute approximate surface area is 265 Å². The summed E-state index contributed by atoms with van der Waals surface area (Å²) in [5.74, 6) is 8.61. The van der Waals surface area contributed by atoms with E-state index in [-0.39, 0.29) is 22.9 Å². The van der Waals surface area contributed by atoms with E-state index in [0.29, 0.717) is 23.0 Å². The fraction of sp³-hybridized carbons (Fsp3) is 0. The third kappa shape index (κ3) is 5.45. The van der Waals surface area contributed by atoms with Crippen LogP contribution >= 0.6 is 0 Å². The predicted molar refractivity (Wildman–Crippen MR) is 184 cm³/mol. The molecule has 46 heavy (non-hydrogen) atoms. The van der Waals surface area contributed by atoms with Crippen LogP contribution in [0.2, 0.25) is 0 Å². The van der Waals surface area contributed by atoms with E-state index < -0.39 is 0 Å². The number of phenols is 2. The summed E-state index contributed by atoms with van der Waals surface area (Å²) in [6.45, 7) is 0. The van der Waals surface area contributed by atoms with Gasteiger partial charge in [-0.2, -0.15) is 0 Å². The average Bonchev–Trinajstić information content (AvgIpc) is 3.08. The van der Waals surface area contributed by atoms with Crippen molar-refractivity contribution in [2.75, 3.05) is 11.5 Å². The molecule has 7 aromatic carbocycles. The van der Waals surface area contributed by atoms with E-state index in [0.717, 1.165) is 43.8 Å². The molecular formula is C40H28N2O4. The number of rotatable bonds is 5. The zero-order valence-corrected chi connectivity index (χ0v) is 24.6. The van der Waals surface area contributed by atoms with E-state index in [9.17, 15) is 10.2 Å². The first kappa shape index (κ1) is 28.2. The van der Waals surface area contributed by atoms with Crippen molar-refractivity contribution in [2.24, 2.45) is 0 Å². The smallest absolute Gasteiger partial charge is 0.138 e. The van der Waals surface area contributed by atoms with Crippen LogP contribution in [0.15, 0.2) is 133 Å². The molecule has 0 atom stereocenters. The molecule has 6 N–H and O–H groups in total. The topological polar surface area (TPSA) is 111 Å². The zero-order chi connectivity index (χ0) is 31.6. The van der Waals surface area contributed by atoms with Crippen molar-refractivity contribution in [3.8, 4) is 57.5 Å². The van der Waals surface area contributed by atoms with E-state index in [1.165, 1.54) is 12.1 Å². The van der Waals surface area contributed by atoms with Gasteiger partial charge in [0.15, 0.2) is 0 Å². The second kappa shape index (κ2) is 11.8. The van der Waals surface area contributed by atoms with Crippen LogP contribution in [-0.2, 0) is 0 Å². The van der Waals surface area contributed by atoms with Crippen molar-refractivity contribution in [1.29, 1.82) is 0 Å². The average molecular weight is 601 g/mol. The summed E-state index contributed by atoms with van der Waals surface area (Å²) in [6, 6.07) is 41.3. The van der Waals surface area contributed by atoms with E-state index >= 15 is 0 Å². The summed E-state index contributed by atoms with van der Waals surface area (Å²) >= 11 is 0. The van der Waals surface area contributed by atoms with Gasteiger partial charge in [0.05, 0.1) is 11.4 Å². The molecule has 0 aromatic heterocycles. The van der Waals surface area contributed by atoms with E-state index in [2.05, 4.69) is 11.8 Å². The monoisotopic (exact) mass is 600 g/mol. The highest BCUT2D eigenvalue weighted by Gasteiger charge is 2.22. The Hall–Kier alpha value is -6.58. The van der Waals surface area contributed by atoms with Crippen LogP contribution in [0.5, 0.6) is 34.5 Å². The molecule has 0 radical (unpaired) electrons. The van der Waals surface area contributed by atoms with Gasteiger partial charge in [0, 0.05) is 34.4 Å². The molecule has 0 aliphatic rings. The van der Waals surface area contributed by atoms with Gasteiger partial charge in [-0.1, -0.05) is 84.6 Å². The molecule has 0 aliphatic carbocycles. The summed E-state index contributed by atoms with van der Waals surface area (Å²) in [5.41, 5.74) is 15.7. The zero-order valence-electron chi connectivity index (χ0n) is 24.6. The Kier molecular flexibility index (Phi) is 7.26. The Bertz CT molecular complexity index is 2320. The first-order chi connectivity index (χ1) is 22.4. The lowest BCUT2D eigenvalue weighted by molar-refractivity contribution is 0.465. The molecule has 0 unspecified atom stereocenters. The molecule has 0 saturated carbocycles. The molecule has 0 fully saturated rings. The van der Waals surface area contributed by atoms with Crippen LogP contribution in [0.4, 0.5) is 11.4 Å². The van der Waals surface area contributed by atoms with Crippen molar-refractivity contribution < 1.29 is 19.7 Å². The highest BCUT2D eigenvalue weighted by molar-refractivity contribution is 6.11. The SMILES string of the molecule is Nc1cc(Oc2ccc3ccccc3c2-c2c(Oc3ccc(O)c(N)c3)cc(C#Cc3ccccc3)c3ccccc23)ccc1O. The minimum Gasteiger partial charge on any atom is -0.506 e. The number of nitrogen functional groups attached to an aromatic ring is 2. The van der Waals surface area contributed by atoms with Gasteiger partial charge in [0.1, 0.15) is 34.5 Å². The molecule has 7 aromatic rings. The predicted octanol–water partition coefficient (Wildman–Crippen LogP) is 9.22. The molecule has 6 heteroatoms. The summed E-state index contributed by atoms with van der Waals surface area (Å²) in [6.07, 6.45) is 0. The molecule has 0 heterocycles. The van der Waals surface area contributed by atoms with Crippen molar-refractivity contribution >= 4 is 32.9 Å². The number of anilines is 2. The number of nitrogens with two attached hydrogens (primary N) is 2. The Morgan fingerprint density at radius 1 is 0.478 bits per heavy atom. The van der Waals surface area contributed by atoms with Crippen molar-refractivity contribution in [2.45, 2.75) is 0 Å². The van der Waals surface area contributed by atoms with Crippen LogP contribution in [0.1, 0.15) is 11.1 Å². The number of phenolic OH excluding ortho intramolecular Hbond substituents is 2. The van der Waals surface area contributed by atoms with Gasteiger partial charge in [-0.25, -0.2) is 0 Å². The number of hydrogen-bond acceptors (Lipinski definition) is 6. The molecule has 222 valence electrons. The minimum atomic E-state index is -0.0292. The standard InChI is InChI=1S/C40H28N2O4/c41-33-23-28(17-19-35(33)43)45-37-21-16-26-10-4-5-12-31(26)39(37)40-32-13-7-6-11-30(32)27(15-14-25-8-2-1-3-9-25)22-38(40)46-29-18-20-36(44)34(42)24-29/h1-13,16-24,43-44H,41-42H2. The lowest BCUT2D eigenvalue weighted by Gasteiger charge is -2.20. The maximum Gasteiger partial charge on any atom is 0.138 e. The molecule has 6 nitrogen and oxygen atoms in total. The van der Waals surface area contributed by atoms with Gasteiger partial charge in [-0.3, -0.25) is 0 Å². The van der Waals surface area contributed by atoms with Crippen LogP contribution in [0.3, 0.4) is 0 Å². The third-order valence-electron chi connectivity index (χ3n) is 7.72. The van der Waals surface area contributed by atoms with Gasteiger partial charge in [0.25, 0.3) is 0 Å². The molecular weight excluding hydrogens is 572 g/mol. The second-order valence-corrected chi connectivity index (χ2v) is 10.8. The Morgan fingerprint density at radius 2 is 1.04 bits per heavy atom. The van der Waals surface area contributed by atoms with Gasteiger partial charge in [-0.15, -0.1) is 0 Å². The minimum absolute atomic E-state index is 0.0202. The normalized spacial score (nSPS) is 10.8. The maximum absolute atomic E-state index is 10.1. The largest absolute Gasteiger partial charge is 0.506 e. The lowest BCUT2D eigenvalue weighted by Crippen LogP contribution is -1.97. The number of aromatic hydroxyl groups is 2. The molecule has 0 saturated heterocycles. The van der Waals surface area contributed by atoms with E-state index in [1.54, 1.807) is 24.3 Å². The molecule has 0 aliphatic heterocycles. The number of benzene rings is 7. The van der Waals surface area contributed by atoms with Gasteiger partial charge >= 0.3 is 0 Å². The Morgan fingerprint density at radius 3 is 1.72 bits per heavy atom. The van der Waals surface area contributed by atoms with Crippen molar-refractivity contribution in [3.05, 3.63) is 145 Å². The summed E-state index contributed by atoms with van der Waals surface area (Å²) < 4.78 is 13.1. The summed E-state index contributed by atoms with van der Waals surface area (Å²) in [4.78, 5) is 0. The lowest BCUT2D eigenvalue weighted by atomic mass is 9.90. The van der Waals surface area contributed by atoms with Crippen molar-refractivity contribution in [1.82, 2.24) is 0 Å². The third-order valence-corrected chi connectivity index (χ3v) is 7.72. The van der Waals surface area contributed by atoms with Crippen LogP contribution in [0.25, 0.3) is 32.7 Å². The quantitative estimate of drug-likeness (QED) is 0.0890. The molecule has 0 spiro atoms. The Balaban J connectivity index is 1.53. The number of fused-ring (bicyclic) bond motifs is 2. The second-order valence-electron chi connectivity index (χ2n) is 10.8. The fourth-order valence-corrected chi connectivity index (χ4v) is 5.49. The highest BCUT2D eigenvalue weighted by Crippen LogP contribution is 2.49. The van der Waals surface area contributed by atoms with Crippen LogP contribution < -0.4 is 20.9 Å². The van der Waals surface area contributed by atoms with E-state index in [1.807, 2.05) is 97.1 Å². The van der Waals surface area contributed by atoms with E-state index in [4.69, 9.17) is 20.9 Å². The molecule has 0 amide bonds. The fourth-order valence-electron chi connectivity index (χ4n) is 5.49. The van der Waals surface area contributed by atoms with Gasteiger partial charge in [0.2, 0.25) is 0 Å². The van der Waals surface area contributed by atoms with Crippen LogP contribution in [0, 0.1) is 11.8 Å². The highest BCUT2D eigenvalue weighted by atomic mass is 16.5. The number of hydrogen-bond donors (Lipinski definition) is 4. The first-order valence-corrected chi connectivity index (χ1v) is 14.6. The molecule has 7 rings (SSSR count). The maximum atomic E-state index is 10.1. The van der Waals surface area contributed by atoms with Gasteiger partial charge < -0.3 is 31.2 Å². The molecule has 0 bridgehead atoms. The van der Waals surface area contributed by atoms with Crippen LogP contribution in [-0.4, -0.2) is 10.2 Å². The summed E-state index contributed by atoms with van der Waals surface area (Å²) in [7, 11) is 0. The van der Waals surface area contributed by atoms with Gasteiger partial charge in [-0.05, 0) is 70.1 Å². The van der Waals surface area contributed by atoms with Crippen molar-refractivity contribution in [3.63, 3.8) is 0 Å². The first-order valence-electron chi connectivity index (χ1n) is 14.6. The summed E-state index contributed by atoms with van der Waals surface area (Å²) in [5, 5.41) is 23.9. The number of ether oxygens (including phenoxy) is 2.